The van der Waals surface area contributed by atoms with Gasteiger partial charge in [0.15, 0.2) is 23.1 Å². The molecule has 2 amide bonds. The number of amides is 2. The quantitative estimate of drug-likeness (QED) is 0.0152. The number of carbonyl (C=O) groups excluding carboxylic acids is 4. The Morgan fingerprint density at radius 3 is 1.62 bits per heavy atom. The number of hydrogen-bond acceptors (Lipinski definition) is 12. The summed E-state index contributed by atoms with van der Waals surface area (Å²) in [6.07, 6.45) is 1.92. The zero-order chi connectivity index (χ0) is 56.2. The van der Waals surface area contributed by atoms with Crippen molar-refractivity contribution in [1.82, 2.24) is 15.2 Å². The predicted molar refractivity (Wildman–Crippen MR) is 321 cm³/mol. The second-order valence-electron chi connectivity index (χ2n) is 20.1. The summed E-state index contributed by atoms with van der Waals surface area (Å²) in [6, 6.07) is 66.4. The van der Waals surface area contributed by atoms with E-state index in [9.17, 15) is 19.2 Å². The number of nitrogens with one attached hydrogen (secondary N) is 2. The molecule has 2 N–H and O–H groups in total. The first-order valence-corrected chi connectivity index (χ1v) is 31.8. The third kappa shape index (κ3) is 12.9. The first-order valence-electron chi connectivity index (χ1n) is 26.4. The summed E-state index contributed by atoms with van der Waals surface area (Å²) < 4.78 is 12.4. The number of nitrogens with zero attached hydrogens (tertiary/aromatic N) is 3. The highest BCUT2D eigenvalue weighted by molar-refractivity contribution is 8.00. The molecule has 7 aromatic carbocycles. The summed E-state index contributed by atoms with van der Waals surface area (Å²) in [4.78, 5) is 70.2. The summed E-state index contributed by atoms with van der Waals surface area (Å²) in [6.45, 7) is 5.75. The Morgan fingerprint density at radius 1 is 0.691 bits per heavy atom. The highest BCUT2D eigenvalue weighted by Crippen LogP contribution is 2.43. The van der Waals surface area contributed by atoms with E-state index < -0.39 is 67.6 Å². The normalized spacial score (nSPS) is 15.3. The predicted octanol–water partition coefficient (Wildman–Crippen LogP) is 12.0. The zero-order valence-electron chi connectivity index (χ0n) is 44.7. The number of thioether (sulfide) groups is 1. The second-order valence-corrected chi connectivity index (χ2v) is 26.8. The smallest absolute Gasteiger partial charge is 0.356 e. The van der Waals surface area contributed by atoms with Crippen LogP contribution in [0, 0.1) is 11.5 Å². The molecular weight excluding hydrogens is 1070 g/mol. The Labute approximate surface area is 480 Å². The van der Waals surface area contributed by atoms with Crippen LogP contribution in [0.15, 0.2) is 246 Å². The Balaban J connectivity index is 0.968. The molecule has 1 fully saturated rings. The molecule has 15 heteroatoms. The maximum absolute atomic E-state index is 14.9. The minimum absolute atomic E-state index is 0.0613. The number of β-lactam (4-membered cyclic amide) rings is 1. The lowest BCUT2D eigenvalue weighted by molar-refractivity contribution is -0.154. The van der Waals surface area contributed by atoms with Crippen LogP contribution in [-0.4, -0.2) is 71.2 Å². The van der Waals surface area contributed by atoms with E-state index in [1.807, 2.05) is 212 Å². The van der Waals surface area contributed by atoms with E-state index in [-0.39, 0.29) is 17.1 Å². The van der Waals surface area contributed by atoms with Crippen molar-refractivity contribution in [3.05, 3.63) is 286 Å². The summed E-state index contributed by atoms with van der Waals surface area (Å²) in [5.74, 6) is 0.630. The van der Waals surface area contributed by atoms with Gasteiger partial charge < -0.3 is 24.9 Å². The molecule has 81 heavy (non-hydrogen) atoms. The lowest BCUT2D eigenvalue weighted by Crippen LogP contribution is -2.71. The van der Waals surface area contributed by atoms with Crippen LogP contribution in [0.5, 0.6) is 0 Å². The van der Waals surface area contributed by atoms with Gasteiger partial charge in [0.2, 0.25) is 6.61 Å². The molecule has 2 aliphatic rings. The van der Waals surface area contributed by atoms with Crippen molar-refractivity contribution in [2.45, 2.75) is 48.8 Å². The van der Waals surface area contributed by atoms with Crippen molar-refractivity contribution >= 4 is 65.8 Å². The van der Waals surface area contributed by atoms with Crippen molar-refractivity contribution in [2.24, 2.45) is 5.16 Å². The summed E-state index contributed by atoms with van der Waals surface area (Å²) in [5, 5.41) is 12.3. The average Bonchev–Trinajstić information content (AvgIpc) is 4.11. The molecule has 0 unspecified atom stereocenters. The molecule has 0 spiro atoms. The molecular formula is C66H57N5O7S2Si. The van der Waals surface area contributed by atoms with Crippen LogP contribution >= 0.6 is 23.1 Å². The molecule has 2 atom stereocenters. The van der Waals surface area contributed by atoms with Gasteiger partial charge in [-0.25, -0.2) is 14.6 Å². The number of fused-ring (bicyclic) bond motifs is 1. The van der Waals surface area contributed by atoms with Crippen molar-refractivity contribution in [2.75, 3.05) is 17.7 Å². The molecule has 12 nitrogen and oxygen atoms in total. The third-order valence-corrected chi connectivity index (χ3v) is 16.3. The van der Waals surface area contributed by atoms with E-state index in [1.165, 1.54) is 28.0 Å². The van der Waals surface area contributed by atoms with Crippen LogP contribution in [0.1, 0.15) is 56.8 Å². The van der Waals surface area contributed by atoms with Gasteiger partial charge in [-0.3, -0.25) is 14.5 Å². The van der Waals surface area contributed by atoms with Gasteiger partial charge in [0.25, 0.3) is 11.8 Å². The van der Waals surface area contributed by atoms with Crippen LogP contribution in [0.3, 0.4) is 0 Å². The molecule has 0 saturated carbocycles. The summed E-state index contributed by atoms with van der Waals surface area (Å²) in [5.41, 5.74) is 8.56. The van der Waals surface area contributed by atoms with Crippen LogP contribution in [0.25, 0.3) is 0 Å². The average molecular weight is 1120 g/mol. The summed E-state index contributed by atoms with van der Waals surface area (Å²) >= 11 is 2.63. The van der Waals surface area contributed by atoms with Crippen LogP contribution in [0.2, 0.25) is 19.6 Å². The van der Waals surface area contributed by atoms with Gasteiger partial charge in [-0.15, -0.1) is 28.6 Å². The van der Waals surface area contributed by atoms with E-state index in [0.29, 0.717) is 16.5 Å². The Kier molecular flexibility index (Phi) is 17.3. The first-order chi connectivity index (χ1) is 39.5. The lowest BCUT2D eigenvalue weighted by atomic mass is 9.77. The van der Waals surface area contributed by atoms with E-state index in [2.05, 4.69) is 46.9 Å². The number of carbonyl (C=O) groups is 4. The fraction of sp³-hybridized carbons (Fsp3) is 0.152. The number of anilines is 1. The van der Waals surface area contributed by atoms with Gasteiger partial charge in [-0.05, 0) is 56.7 Å². The number of rotatable bonds is 19. The standard InChI is InChI=1S/C66H57N5O7S2Si/c1-81(2,3)42-26-25-35-50-44-79-63-57(62(74)71(63)58(50)64(75)78-60(48-31-15-6-16-32-48)49-33-17-7-18-34-49)68-61(73)56(70-76-43-55(72)77-59(46-27-11-4-12-28-46)47-29-13-5-14-30-47)54-45-80-65(67-54)69-66(51-36-19-8-20-37-51,52-38-21-9-22-39-52)53-40-23-10-24-41-53/h4-25,27-41,45,57,59-60,63H,43-44H2,1-3H3,(H,67,69)(H,68,73)/b35-25-,70-56-/t57-,63-/m1/s1. The van der Waals surface area contributed by atoms with E-state index >= 15 is 0 Å². The Bertz CT molecular complexity index is 3470. The first kappa shape index (κ1) is 55.2. The van der Waals surface area contributed by atoms with E-state index in [4.69, 9.17) is 19.3 Å². The Morgan fingerprint density at radius 2 is 1.15 bits per heavy atom. The highest BCUT2D eigenvalue weighted by Gasteiger charge is 2.55. The highest BCUT2D eigenvalue weighted by atomic mass is 32.2. The van der Waals surface area contributed by atoms with Gasteiger partial charge in [-0.2, -0.15) is 0 Å². The number of allylic oxidation sites excluding steroid dienone is 2. The number of esters is 2. The largest absolute Gasteiger partial charge is 0.450 e. The number of thiazole rings is 1. The van der Waals surface area contributed by atoms with Gasteiger partial charge in [-0.1, -0.05) is 243 Å². The number of oxime groups is 1. The number of ether oxygens (including phenoxy) is 2. The molecule has 2 aliphatic heterocycles. The molecule has 10 rings (SSSR count). The van der Waals surface area contributed by atoms with Crippen LogP contribution in [-0.2, 0) is 39.0 Å². The van der Waals surface area contributed by atoms with Gasteiger partial charge >= 0.3 is 11.9 Å². The van der Waals surface area contributed by atoms with E-state index in [0.717, 1.165) is 38.9 Å². The molecule has 1 aromatic heterocycles. The van der Waals surface area contributed by atoms with Crippen LogP contribution < -0.4 is 10.6 Å². The minimum Gasteiger partial charge on any atom is -0.450 e. The zero-order valence-corrected chi connectivity index (χ0v) is 47.3. The minimum atomic E-state index is -1.74. The van der Waals surface area contributed by atoms with E-state index in [1.54, 1.807) is 17.5 Å². The molecule has 0 bridgehead atoms. The van der Waals surface area contributed by atoms with Gasteiger partial charge in [0.05, 0.1) is 0 Å². The fourth-order valence-corrected chi connectivity index (χ4v) is 12.2. The maximum atomic E-state index is 14.9. The second kappa shape index (κ2) is 25.4. The summed E-state index contributed by atoms with van der Waals surface area (Å²) in [7, 11) is -1.74. The Hall–Kier alpha value is -9.07. The van der Waals surface area contributed by atoms with Crippen molar-refractivity contribution in [3.8, 4) is 11.5 Å². The van der Waals surface area contributed by atoms with Crippen molar-refractivity contribution in [1.29, 1.82) is 0 Å². The maximum Gasteiger partial charge on any atom is 0.356 e. The molecule has 8 aromatic rings. The SMILES string of the molecule is C[Si](C)(C)C#C/C=C\C1=C(C(=O)OC(c2ccccc2)c2ccccc2)N2C(=O)[C@@H](NC(=O)/C(=N\OCC(=O)OC(c3ccccc3)c3ccccc3)c3csc(NC(c4ccccc4)(c4ccccc4)c4ccccc4)n3)[C@H]2SC1. The monoisotopic (exact) mass is 1120 g/mol. The fourth-order valence-electron chi connectivity index (χ4n) is 9.60. The van der Waals surface area contributed by atoms with Crippen molar-refractivity contribution < 1.29 is 33.5 Å². The topological polar surface area (TPSA) is 149 Å². The number of hydrogen-bond donors (Lipinski definition) is 2. The van der Waals surface area contributed by atoms with Crippen LogP contribution in [0.4, 0.5) is 5.13 Å². The molecule has 0 radical (unpaired) electrons. The van der Waals surface area contributed by atoms with Gasteiger partial charge in [0, 0.05) is 11.1 Å². The number of aromatic nitrogens is 1. The molecule has 404 valence electrons. The molecule has 1 saturated heterocycles. The van der Waals surface area contributed by atoms with Gasteiger partial charge in [0.1, 0.15) is 36.4 Å². The lowest BCUT2D eigenvalue weighted by Gasteiger charge is -2.49. The number of benzene rings is 7. The molecule has 0 aliphatic carbocycles. The molecule has 3 heterocycles. The van der Waals surface area contributed by atoms with Crippen molar-refractivity contribution in [3.63, 3.8) is 0 Å². The third-order valence-electron chi connectivity index (χ3n) is 13.4.